The third-order valence-electron chi connectivity index (χ3n) is 2.84. The van der Waals surface area contributed by atoms with E-state index < -0.39 is 10.0 Å². The van der Waals surface area contributed by atoms with Crippen LogP contribution in [-0.2, 0) is 10.0 Å². The molecule has 0 unspecified atom stereocenters. The van der Waals surface area contributed by atoms with Crippen molar-refractivity contribution in [2.75, 3.05) is 4.72 Å². The van der Waals surface area contributed by atoms with Gasteiger partial charge in [0.25, 0.3) is 10.0 Å². The van der Waals surface area contributed by atoms with Gasteiger partial charge in [-0.25, -0.2) is 13.4 Å². The molecule has 4 nitrogen and oxygen atoms in total. The van der Waals surface area contributed by atoms with E-state index >= 15 is 0 Å². The molecule has 1 heterocycles. The van der Waals surface area contributed by atoms with E-state index in [9.17, 15) is 8.42 Å². The summed E-state index contributed by atoms with van der Waals surface area (Å²) in [5.74, 6) is 0.220. The van der Waals surface area contributed by atoms with Crippen LogP contribution in [0.25, 0.3) is 0 Å². The molecule has 0 aliphatic rings. The summed E-state index contributed by atoms with van der Waals surface area (Å²) in [5.41, 5.74) is 1.52. The van der Waals surface area contributed by atoms with Gasteiger partial charge < -0.3 is 0 Å². The van der Waals surface area contributed by atoms with Gasteiger partial charge in [0.1, 0.15) is 10.0 Å². The molecule has 1 N–H and O–H groups in total. The predicted octanol–water partition coefficient (Wildman–Crippen LogP) is 3.66. The van der Waals surface area contributed by atoms with E-state index in [4.69, 9.17) is 11.6 Å². The Morgan fingerprint density at radius 1 is 1.15 bits per heavy atom. The number of hydrogen-bond donors (Lipinski definition) is 1. The van der Waals surface area contributed by atoms with Gasteiger partial charge in [-0.1, -0.05) is 43.6 Å². The van der Waals surface area contributed by atoms with E-state index in [0.29, 0.717) is 5.69 Å². The van der Waals surface area contributed by atoms with Gasteiger partial charge in [0.15, 0.2) is 0 Å². The SMILES string of the molecule is CC(C)c1ccccc1NS(=O)(=O)c1ccc(Cl)nc1. The lowest BCUT2D eigenvalue weighted by molar-refractivity contribution is 0.600. The first kappa shape index (κ1) is 14.8. The number of aromatic nitrogens is 1. The van der Waals surface area contributed by atoms with Crippen molar-refractivity contribution in [3.8, 4) is 0 Å². The number of benzene rings is 1. The number of nitrogens with zero attached hydrogens (tertiary/aromatic N) is 1. The lowest BCUT2D eigenvalue weighted by Crippen LogP contribution is -2.14. The first-order chi connectivity index (χ1) is 9.40. The van der Waals surface area contributed by atoms with Crippen LogP contribution in [0.4, 0.5) is 5.69 Å². The fourth-order valence-corrected chi connectivity index (χ4v) is 2.96. The van der Waals surface area contributed by atoms with E-state index in [-0.39, 0.29) is 16.0 Å². The lowest BCUT2D eigenvalue weighted by atomic mass is 10.0. The molecule has 0 atom stereocenters. The van der Waals surface area contributed by atoms with Crippen molar-refractivity contribution in [3.63, 3.8) is 0 Å². The van der Waals surface area contributed by atoms with Crippen LogP contribution < -0.4 is 4.72 Å². The van der Waals surface area contributed by atoms with Crippen LogP contribution in [0, 0.1) is 0 Å². The smallest absolute Gasteiger partial charge is 0.263 e. The van der Waals surface area contributed by atoms with Crippen molar-refractivity contribution >= 4 is 27.3 Å². The van der Waals surface area contributed by atoms with Gasteiger partial charge >= 0.3 is 0 Å². The highest BCUT2D eigenvalue weighted by Gasteiger charge is 2.17. The van der Waals surface area contributed by atoms with Gasteiger partial charge in [-0.2, -0.15) is 0 Å². The Morgan fingerprint density at radius 2 is 1.85 bits per heavy atom. The first-order valence-electron chi connectivity index (χ1n) is 6.13. The Bertz CT molecular complexity index is 697. The molecule has 1 aromatic carbocycles. The van der Waals surface area contributed by atoms with Crippen LogP contribution in [0.5, 0.6) is 0 Å². The maximum atomic E-state index is 12.3. The fourth-order valence-electron chi connectivity index (χ4n) is 1.82. The number of anilines is 1. The number of sulfonamides is 1. The van der Waals surface area contributed by atoms with Crippen molar-refractivity contribution in [1.82, 2.24) is 4.98 Å². The molecule has 1 aromatic heterocycles. The summed E-state index contributed by atoms with van der Waals surface area (Å²) >= 11 is 5.66. The average Bonchev–Trinajstić information content (AvgIpc) is 2.39. The molecule has 6 heteroatoms. The van der Waals surface area contributed by atoms with Gasteiger partial charge in [0.05, 0.1) is 5.69 Å². The maximum Gasteiger partial charge on any atom is 0.263 e. The summed E-state index contributed by atoms with van der Waals surface area (Å²) in [6, 6.07) is 10.2. The second-order valence-electron chi connectivity index (χ2n) is 4.66. The van der Waals surface area contributed by atoms with E-state index in [2.05, 4.69) is 9.71 Å². The van der Waals surface area contributed by atoms with E-state index in [1.807, 2.05) is 26.0 Å². The van der Waals surface area contributed by atoms with Crippen molar-refractivity contribution in [1.29, 1.82) is 0 Å². The molecule has 2 rings (SSSR count). The molecule has 0 bridgehead atoms. The minimum absolute atomic E-state index is 0.0838. The third kappa shape index (κ3) is 3.29. The van der Waals surface area contributed by atoms with Crippen LogP contribution in [0.15, 0.2) is 47.5 Å². The van der Waals surface area contributed by atoms with Crippen LogP contribution in [0.1, 0.15) is 25.3 Å². The maximum absolute atomic E-state index is 12.3. The highest BCUT2D eigenvalue weighted by Crippen LogP contribution is 2.26. The molecule has 0 aliphatic carbocycles. The summed E-state index contributed by atoms with van der Waals surface area (Å²) in [4.78, 5) is 3.87. The highest BCUT2D eigenvalue weighted by molar-refractivity contribution is 7.92. The Morgan fingerprint density at radius 3 is 2.45 bits per heavy atom. The summed E-state index contributed by atoms with van der Waals surface area (Å²) in [5, 5.41) is 0.256. The molecule has 0 fully saturated rings. The first-order valence-corrected chi connectivity index (χ1v) is 7.99. The Kier molecular flexibility index (Phi) is 4.30. The molecule has 2 aromatic rings. The predicted molar refractivity (Wildman–Crippen MR) is 80.6 cm³/mol. The second-order valence-corrected chi connectivity index (χ2v) is 6.73. The fraction of sp³-hybridized carbons (Fsp3) is 0.214. The zero-order valence-corrected chi connectivity index (χ0v) is 12.7. The van der Waals surface area contributed by atoms with E-state index in [1.54, 1.807) is 12.1 Å². The molecule has 0 radical (unpaired) electrons. The lowest BCUT2D eigenvalue weighted by Gasteiger charge is -2.14. The Labute approximate surface area is 123 Å². The molecule has 0 saturated carbocycles. The number of pyridine rings is 1. The van der Waals surface area contributed by atoms with Crippen LogP contribution in [-0.4, -0.2) is 13.4 Å². The minimum Gasteiger partial charge on any atom is -0.279 e. The largest absolute Gasteiger partial charge is 0.279 e. The highest BCUT2D eigenvalue weighted by atomic mass is 35.5. The minimum atomic E-state index is -3.66. The second kappa shape index (κ2) is 5.81. The molecule has 0 aliphatic heterocycles. The topological polar surface area (TPSA) is 59.1 Å². The third-order valence-corrected chi connectivity index (χ3v) is 4.41. The summed E-state index contributed by atoms with van der Waals surface area (Å²) in [6.45, 7) is 4.02. The number of halogens is 1. The molecule has 0 saturated heterocycles. The number of rotatable bonds is 4. The molecule has 0 spiro atoms. The van der Waals surface area contributed by atoms with Gasteiger partial charge in [-0.3, -0.25) is 4.72 Å². The van der Waals surface area contributed by atoms with Crippen molar-refractivity contribution in [2.45, 2.75) is 24.7 Å². The number of para-hydroxylation sites is 1. The zero-order chi connectivity index (χ0) is 14.8. The van der Waals surface area contributed by atoms with Gasteiger partial charge in [-0.15, -0.1) is 0 Å². The van der Waals surface area contributed by atoms with Gasteiger partial charge in [0, 0.05) is 6.20 Å². The Balaban J connectivity index is 2.36. The monoisotopic (exact) mass is 310 g/mol. The normalized spacial score (nSPS) is 11.6. The molecule has 106 valence electrons. The molecular formula is C14H15ClN2O2S. The van der Waals surface area contributed by atoms with Gasteiger partial charge in [0.2, 0.25) is 0 Å². The average molecular weight is 311 g/mol. The van der Waals surface area contributed by atoms with Crippen molar-refractivity contribution in [2.24, 2.45) is 0 Å². The van der Waals surface area contributed by atoms with Crippen LogP contribution >= 0.6 is 11.6 Å². The van der Waals surface area contributed by atoms with Crippen LogP contribution in [0.3, 0.4) is 0 Å². The summed E-state index contributed by atoms with van der Waals surface area (Å²) < 4.78 is 27.2. The molecular weight excluding hydrogens is 296 g/mol. The number of nitrogens with one attached hydrogen (secondary N) is 1. The quantitative estimate of drug-likeness (QED) is 0.877. The summed E-state index contributed by atoms with van der Waals surface area (Å²) in [7, 11) is -3.66. The summed E-state index contributed by atoms with van der Waals surface area (Å²) in [6.07, 6.45) is 1.24. The van der Waals surface area contributed by atoms with Crippen molar-refractivity contribution in [3.05, 3.63) is 53.3 Å². The standard InChI is InChI=1S/C14H15ClN2O2S/c1-10(2)12-5-3-4-6-13(12)17-20(18,19)11-7-8-14(15)16-9-11/h3-10,17H,1-2H3. The Hall–Kier alpha value is -1.59. The van der Waals surface area contributed by atoms with Gasteiger partial charge in [-0.05, 0) is 29.7 Å². The van der Waals surface area contributed by atoms with Crippen molar-refractivity contribution < 1.29 is 8.42 Å². The van der Waals surface area contributed by atoms with E-state index in [1.165, 1.54) is 18.3 Å². The number of hydrogen-bond acceptors (Lipinski definition) is 3. The molecule has 0 amide bonds. The van der Waals surface area contributed by atoms with E-state index in [0.717, 1.165) is 5.56 Å². The zero-order valence-electron chi connectivity index (χ0n) is 11.2. The van der Waals surface area contributed by atoms with Crippen LogP contribution in [0.2, 0.25) is 5.15 Å². The molecule has 20 heavy (non-hydrogen) atoms.